The monoisotopic (exact) mass is 253 g/mol. The molecule has 0 aromatic heterocycles. The predicted octanol–water partition coefficient (Wildman–Crippen LogP) is 1.74. The molecule has 0 amide bonds. The van der Waals surface area contributed by atoms with Crippen molar-refractivity contribution in [2.75, 3.05) is 52.9 Å². The predicted molar refractivity (Wildman–Crippen MR) is 78.0 cm³/mol. The molecule has 0 aromatic rings. The first kappa shape index (κ1) is 14.3. The largest absolute Gasteiger partial charge is 0.304 e. The van der Waals surface area contributed by atoms with Crippen LogP contribution in [0.4, 0.5) is 0 Å². The zero-order valence-corrected chi connectivity index (χ0v) is 12.8. The fourth-order valence-corrected chi connectivity index (χ4v) is 3.28. The van der Waals surface area contributed by atoms with Crippen LogP contribution in [-0.4, -0.2) is 73.6 Å². The van der Waals surface area contributed by atoms with Crippen LogP contribution >= 0.6 is 0 Å². The number of piperidine rings is 1. The maximum atomic E-state index is 2.69. The second-order valence-electron chi connectivity index (χ2n) is 7.02. The number of piperazine rings is 1. The van der Waals surface area contributed by atoms with Crippen LogP contribution in [0.25, 0.3) is 0 Å². The second kappa shape index (κ2) is 5.89. The van der Waals surface area contributed by atoms with Gasteiger partial charge in [-0.3, -0.25) is 0 Å². The molecule has 18 heavy (non-hydrogen) atoms. The van der Waals surface area contributed by atoms with E-state index in [0.29, 0.717) is 5.41 Å². The lowest BCUT2D eigenvalue weighted by Crippen LogP contribution is -2.51. The van der Waals surface area contributed by atoms with Crippen molar-refractivity contribution in [2.45, 2.75) is 39.7 Å². The van der Waals surface area contributed by atoms with Crippen molar-refractivity contribution in [3.05, 3.63) is 0 Å². The van der Waals surface area contributed by atoms with E-state index in [1.165, 1.54) is 58.7 Å². The summed E-state index contributed by atoms with van der Waals surface area (Å²) in [6.07, 6.45) is 2.75. The lowest BCUT2D eigenvalue weighted by Gasteiger charge is -2.45. The molecule has 0 aliphatic carbocycles. The van der Waals surface area contributed by atoms with Crippen molar-refractivity contribution in [1.29, 1.82) is 0 Å². The van der Waals surface area contributed by atoms with Crippen molar-refractivity contribution < 1.29 is 0 Å². The summed E-state index contributed by atoms with van der Waals surface area (Å²) in [6, 6.07) is 0.721. The number of hydrogen-bond donors (Lipinski definition) is 0. The molecule has 3 nitrogen and oxygen atoms in total. The van der Waals surface area contributed by atoms with E-state index in [-0.39, 0.29) is 0 Å². The summed E-state index contributed by atoms with van der Waals surface area (Å²) < 4.78 is 0. The average Bonchev–Trinajstić information content (AvgIpc) is 2.32. The summed E-state index contributed by atoms with van der Waals surface area (Å²) in [6.45, 7) is 16.1. The Morgan fingerprint density at radius 1 is 0.944 bits per heavy atom. The summed E-state index contributed by atoms with van der Waals surface area (Å²) in [5, 5.41) is 0. The van der Waals surface area contributed by atoms with Gasteiger partial charge >= 0.3 is 0 Å². The highest BCUT2D eigenvalue weighted by molar-refractivity contribution is 4.87. The summed E-state index contributed by atoms with van der Waals surface area (Å²) in [5.74, 6) is 0. The summed E-state index contributed by atoms with van der Waals surface area (Å²) >= 11 is 0. The minimum atomic E-state index is 0.557. The van der Waals surface area contributed by atoms with E-state index in [9.17, 15) is 0 Å². The molecule has 2 aliphatic heterocycles. The lowest BCUT2D eigenvalue weighted by molar-refractivity contribution is 0.0446. The van der Waals surface area contributed by atoms with E-state index in [2.05, 4.69) is 42.5 Å². The van der Waals surface area contributed by atoms with Crippen molar-refractivity contribution in [3.8, 4) is 0 Å². The van der Waals surface area contributed by atoms with Gasteiger partial charge in [-0.2, -0.15) is 0 Å². The molecular formula is C15H31N3. The third kappa shape index (κ3) is 3.69. The highest BCUT2D eigenvalue weighted by Crippen LogP contribution is 2.32. The van der Waals surface area contributed by atoms with E-state index < -0.39 is 0 Å². The summed E-state index contributed by atoms with van der Waals surface area (Å²) in [4.78, 5) is 7.76. The first-order valence-corrected chi connectivity index (χ1v) is 7.63. The molecule has 2 heterocycles. The highest BCUT2D eigenvalue weighted by atomic mass is 15.3. The van der Waals surface area contributed by atoms with E-state index >= 15 is 0 Å². The topological polar surface area (TPSA) is 9.72 Å². The number of nitrogens with zero attached hydrogens (tertiary/aromatic N) is 3. The van der Waals surface area contributed by atoms with Crippen LogP contribution in [0.5, 0.6) is 0 Å². The molecule has 106 valence electrons. The van der Waals surface area contributed by atoms with Crippen molar-refractivity contribution in [1.82, 2.24) is 14.7 Å². The maximum Gasteiger partial charge on any atom is 0.0110 e. The van der Waals surface area contributed by atoms with Crippen LogP contribution < -0.4 is 0 Å². The van der Waals surface area contributed by atoms with E-state index in [1.54, 1.807) is 0 Å². The molecule has 0 bridgehead atoms. The minimum absolute atomic E-state index is 0.557. The normalized spacial score (nSPS) is 27.8. The van der Waals surface area contributed by atoms with Gasteiger partial charge in [-0.15, -0.1) is 0 Å². The van der Waals surface area contributed by atoms with Crippen molar-refractivity contribution in [3.63, 3.8) is 0 Å². The quantitative estimate of drug-likeness (QED) is 0.759. The maximum absolute atomic E-state index is 2.69. The Balaban J connectivity index is 1.79. The Morgan fingerprint density at radius 3 is 2.00 bits per heavy atom. The van der Waals surface area contributed by atoms with Crippen LogP contribution in [0.1, 0.15) is 33.6 Å². The molecular weight excluding hydrogens is 222 g/mol. The summed E-state index contributed by atoms with van der Waals surface area (Å²) in [7, 11) is 2.24. The van der Waals surface area contributed by atoms with Gasteiger partial charge < -0.3 is 14.7 Å². The second-order valence-corrected chi connectivity index (χ2v) is 7.02. The Morgan fingerprint density at radius 2 is 1.50 bits per heavy atom. The van der Waals surface area contributed by atoms with Gasteiger partial charge in [0, 0.05) is 38.8 Å². The van der Waals surface area contributed by atoms with E-state index in [1.807, 2.05) is 0 Å². The van der Waals surface area contributed by atoms with Gasteiger partial charge in [0.2, 0.25) is 0 Å². The molecule has 3 heteroatoms. The molecule has 0 unspecified atom stereocenters. The zero-order valence-electron chi connectivity index (χ0n) is 12.8. The first-order valence-electron chi connectivity index (χ1n) is 7.63. The fraction of sp³-hybridized carbons (Fsp3) is 1.00. The van der Waals surface area contributed by atoms with Crippen LogP contribution in [0, 0.1) is 5.41 Å². The number of rotatable bonds is 3. The number of likely N-dealkylation sites (tertiary alicyclic amines) is 1. The molecule has 2 fully saturated rings. The van der Waals surface area contributed by atoms with E-state index in [4.69, 9.17) is 0 Å². The molecule has 0 aromatic carbocycles. The molecule has 0 N–H and O–H groups in total. The smallest absolute Gasteiger partial charge is 0.0110 e. The third-order valence-corrected chi connectivity index (χ3v) is 4.94. The van der Waals surface area contributed by atoms with Crippen LogP contribution in [0.15, 0.2) is 0 Å². The first-order chi connectivity index (χ1) is 8.48. The molecule has 2 rings (SSSR count). The van der Waals surface area contributed by atoms with Crippen molar-refractivity contribution in [2.24, 2.45) is 5.41 Å². The van der Waals surface area contributed by atoms with Gasteiger partial charge in [-0.25, -0.2) is 0 Å². The molecule has 2 aliphatic rings. The van der Waals surface area contributed by atoms with Gasteiger partial charge in [0.05, 0.1) is 0 Å². The molecule has 0 atom stereocenters. The van der Waals surface area contributed by atoms with Gasteiger partial charge in [-0.05, 0) is 52.2 Å². The Labute approximate surface area is 113 Å². The number of hydrogen-bond acceptors (Lipinski definition) is 3. The molecule has 0 saturated carbocycles. The Kier molecular flexibility index (Phi) is 4.68. The minimum Gasteiger partial charge on any atom is -0.304 e. The number of likely N-dealkylation sites (N-methyl/N-ethyl adjacent to an activating group) is 1. The average molecular weight is 253 g/mol. The van der Waals surface area contributed by atoms with Crippen LogP contribution in [0.2, 0.25) is 0 Å². The fourth-order valence-electron chi connectivity index (χ4n) is 3.28. The Hall–Kier alpha value is -0.120. The van der Waals surface area contributed by atoms with Crippen molar-refractivity contribution >= 4 is 0 Å². The Bertz CT molecular complexity index is 248. The summed E-state index contributed by atoms with van der Waals surface area (Å²) in [5.41, 5.74) is 0.557. The van der Waals surface area contributed by atoms with E-state index in [0.717, 1.165) is 6.04 Å². The van der Waals surface area contributed by atoms with Crippen LogP contribution in [-0.2, 0) is 0 Å². The van der Waals surface area contributed by atoms with Gasteiger partial charge in [0.15, 0.2) is 0 Å². The highest BCUT2D eigenvalue weighted by Gasteiger charge is 2.33. The van der Waals surface area contributed by atoms with Gasteiger partial charge in [0.1, 0.15) is 0 Å². The van der Waals surface area contributed by atoms with Gasteiger partial charge in [-0.1, -0.05) is 6.92 Å². The zero-order chi connectivity index (χ0) is 13.2. The SMILES string of the molecule is CC(C)N1CCC(C)(CN2CCN(C)CC2)CC1. The molecule has 0 spiro atoms. The lowest BCUT2D eigenvalue weighted by atomic mass is 9.79. The standard InChI is InChI=1S/C15H31N3/c1-14(2)18-7-5-15(3,6-8-18)13-17-11-9-16(4)10-12-17/h14H,5-13H2,1-4H3. The third-order valence-electron chi connectivity index (χ3n) is 4.94. The molecule has 2 saturated heterocycles. The van der Waals surface area contributed by atoms with Crippen LogP contribution in [0.3, 0.4) is 0 Å². The van der Waals surface area contributed by atoms with Gasteiger partial charge in [0.25, 0.3) is 0 Å². The molecule has 0 radical (unpaired) electrons.